The lowest BCUT2D eigenvalue weighted by molar-refractivity contribution is -0.138. The predicted molar refractivity (Wildman–Crippen MR) is 55.4 cm³/mol. The molecule has 0 aromatic heterocycles. The third-order valence-corrected chi connectivity index (χ3v) is 1.68. The van der Waals surface area contributed by atoms with Crippen molar-refractivity contribution in [2.45, 2.75) is 25.8 Å². The first-order chi connectivity index (χ1) is 6.93. The number of nitrogens with two attached hydrogens (primary N) is 1. The summed E-state index contributed by atoms with van der Waals surface area (Å²) in [6, 6.07) is -0.952. The van der Waals surface area contributed by atoms with E-state index >= 15 is 0 Å². The quantitative estimate of drug-likeness (QED) is 0.387. The van der Waals surface area contributed by atoms with Crippen LogP contribution in [0.15, 0.2) is 11.9 Å². The average Bonchev–Trinajstić information content (AvgIpc) is 2.14. The monoisotopic (exact) mass is 217 g/mol. The molecule has 0 fully saturated rings. The third kappa shape index (κ3) is 7.63. The fourth-order valence-corrected chi connectivity index (χ4v) is 0.832. The Morgan fingerprint density at radius 1 is 1.73 bits per heavy atom. The van der Waals surface area contributed by atoms with E-state index in [0.29, 0.717) is 0 Å². The first-order valence-electron chi connectivity index (χ1n) is 4.55. The van der Waals surface area contributed by atoms with Gasteiger partial charge in [-0.3, -0.25) is 10.2 Å². The van der Waals surface area contributed by atoms with Crippen LogP contribution >= 0.6 is 0 Å². The van der Waals surface area contributed by atoms with Crippen LogP contribution in [0.4, 0.5) is 4.39 Å². The van der Waals surface area contributed by atoms with Crippen LogP contribution in [0.5, 0.6) is 0 Å². The maximum Gasteiger partial charge on any atom is 0.320 e. The summed E-state index contributed by atoms with van der Waals surface area (Å²) in [4.78, 5) is 10.3. The van der Waals surface area contributed by atoms with E-state index in [1.54, 1.807) is 0 Å². The average molecular weight is 217 g/mol. The summed E-state index contributed by atoms with van der Waals surface area (Å²) in [7, 11) is 0. The van der Waals surface area contributed by atoms with Gasteiger partial charge in [-0.2, -0.15) is 0 Å². The van der Waals surface area contributed by atoms with E-state index in [2.05, 4.69) is 5.32 Å². The van der Waals surface area contributed by atoms with E-state index in [9.17, 15) is 9.18 Å². The summed E-state index contributed by atoms with van der Waals surface area (Å²) in [5.74, 6) is -1.32. The standard InChI is InChI=1S/C9H16FN3O2/c1-6(11)13-5-7(10)3-2-4-8(12)9(14)15/h3,8H,2,4-5,12H2,1H3,(H2,11,13)(H,14,15)/b7-3+. The summed E-state index contributed by atoms with van der Waals surface area (Å²) in [6.45, 7) is 1.46. The third-order valence-electron chi connectivity index (χ3n) is 1.68. The Hall–Kier alpha value is -1.43. The van der Waals surface area contributed by atoms with Crippen LogP contribution in [-0.4, -0.2) is 29.5 Å². The number of halogens is 1. The zero-order valence-electron chi connectivity index (χ0n) is 8.59. The van der Waals surface area contributed by atoms with Gasteiger partial charge in [0.1, 0.15) is 11.9 Å². The summed E-state index contributed by atoms with van der Waals surface area (Å²) >= 11 is 0. The maximum atomic E-state index is 12.9. The Balaban J connectivity index is 3.76. The molecule has 0 amide bonds. The van der Waals surface area contributed by atoms with Crippen LogP contribution < -0.4 is 11.1 Å². The topological polar surface area (TPSA) is 99.2 Å². The molecule has 0 aliphatic rings. The summed E-state index contributed by atoms with van der Waals surface area (Å²) in [5, 5.41) is 17.9. The molecule has 0 saturated heterocycles. The van der Waals surface area contributed by atoms with E-state index in [1.807, 2.05) is 0 Å². The van der Waals surface area contributed by atoms with Crippen molar-refractivity contribution >= 4 is 11.8 Å². The maximum absolute atomic E-state index is 12.9. The zero-order chi connectivity index (χ0) is 11.8. The van der Waals surface area contributed by atoms with Gasteiger partial charge in [-0.15, -0.1) is 0 Å². The molecule has 0 rings (SSSR count). The van der Waals surface area contributed by atoms with Gasteiger partial charge in [-0.05, 0) is 19.8 Å². The number of aliphatic carboxylic acids is 1. The molecule has 1 atom stereocenters. The minimum Gasteiger partial charge on any atom is -0.480 e. The first-order valence-corrected chi connectivity index (χ1v) is 4.55. The number of carboxylic acids is 1. The van der Waals surface area contributed by atoms with Crippen LogP contribution in [0, 0.1) is 5.41 Å². The van der Waals surface area contributed by atoms with Gasteiger partial charge in [0.25, 0.3) is 0 Å². The zero-order valence-corrected chi connectivity index (χ0v) is 8.59. The van der Waals surface area contributed by atoms with Crippen LogP contribution in [0.25, 0.3) is 0 Å². The van der Waals surface area contributed by atoms with Crippen molar-refractivity contribution in [3.8, 4) is 0 Å². The van der Waals surface area contributed by atoms with Gasteiger partial charge in [0.2, 0.25) is 0 Å². The normalized spacial score (nSPS) is 13.4. The highest BCUT2D eigenvalue weighted by atomic mass is 19.1. The molecule has 0 aromatic rings. The van der Waals surface area contributed by atoms with Gasteiger partial charge in [-0.1, -0.05) is 6.08 Å². The minimum atomic E-state index is -1.09. The lowest BCUT2D eigenvalue weighted by atomic mass is 10.1. The highest BCUT2D eigenvalue weighted by Crippen LogP contribution is 2.01. The summed E-state index contributed by atoms with van der Waals surface area (Å²) in [6.07, 6.45) is 1.75. The molecule has 0 aromatic carbocycles. The van der Waals surface area contributed by atoms with Gasteiger partial charge >= 0.3 is 5.97 Å². The Morgan fingerprint density at radius 3 is 2.80 bits per heavy atom. The molecule has 5 nitrogen and oxygen atoms in total. The molecule has 0 spiro atoms. The van der Waals surface area contributed by atoms with Crippen LogP contribution in [-0.2, 0) is 4.79 Å². The molecule has 0 radical (unpaired) electrons. The number of hydrogen-bond donors (Lipinski definition) is 4. The second-order valence-electron chi connectivity index (χ2n) is 3.15. The number of allylic oxidation sites excluding steroid dienone is 1. The van der Waals surface area contributed by atoms with Gasteiger partial charge in [0, 0.05) is 0 Å². The second-order valence-corrected chi connectivity index (χ2v) is 3.15. The van der Waals surface area contributed by atoms with Crippen molar-refractivity contribution in [1.82, 2.24) is 5.32 Å². The molecular weight excluding hydrogens is 201 g/mol. The fraction of sp³-hybridized carbons (Fsp3) is 0.556. The number of carboxylic acid groups (broad SMARTS) is 1. The van der Waals surface area contributed by atoms with Gasteiger partial charge in [-0.25, -0.2) is 4.39 Å². The van der Waals surface area contributed by atoms with Crippen molar-refractivity contribution in [2.75, 3.05) is 6.54 Å². The molecule has 6 heteroatoms. The number of carbonyl (C=O) groups is 1. The van der Waals surface area contributed by atoms with Crippen LogP contribution in [0.1, 0.15) is 19.8 Å². The van der Waals surface area contributed by atoms with E-state index in [4.69, 9.17) is 16.2 Å². The molecule has 0 bridgehead atoms. The van der Waals surface area contributed by atoms with Gasteiger partial charge < -0.3 is 16.2 Å². The molecule has 86 valence electrons. The highest BCUT2D eigenvalue weighted by molar-refractivity contribution is 5.76. The molecule has 0 aliphatic heterocycles. The van der Waals surface area contributed by atoms with E-state index in [0.717, 1.165) is 0 Å². The largest absolute Gasteiger partial charge is 0.480 e. The number of hydrogen-bond acceptors (Lipinski definition) is 3. The number of rotatable bonds is 6. The van der Waals surface area contributed by atoms with Crippen molar-refractivity contribution in [3.05, 3.63) is 11.9 Å². The molecule has 1 unspecified atom stereocenters. The predicted octanol–water partition coefficient (Wildman–Crippen LogP) is 0.619. The highest BCUT2D eigenvalue weighted by Gasteiger charge is 2.09. The Kier molecular flexibility index (Phi) is 6.28. The molecule has 0 saturated carbocycles. The smallest absolute Gasteiger partial charge is 0.320 e. The van der Waals surface area contributed by atoms with E-state index in [-0.39, 0.29) is 25.2 Å². The van der Waals surface area contributed by atoms with E-state index < -0.39 is 17.8 Å². The number of nitrogens with one attached hydrogen (secondary N) is 2. The van der Waals surface area contributed by atoms with Crippen molar-refractivity contribution in [2.24, 2.45) is 5.73 Å². The summed E-state index contributed by atoms with van der Waals surface area (Å²) < 4.78 is 12.9. The first kappa shape index (κ1) is 13.6. The SMILES string of the molecule is CC(=N)NC/C(F)=C\CCC(N)C(=O)O. The van der Waals surface area contributed by atoms with Crippen molar-refractivity contribution in [3.63, 3.8) is 0 Å². The van der Waals surface area contributed by atoms with Crippen molar-refractivity contribution in [1.29, 1.82) is 5.41 Å². The van der Waals surface area contributed by atoms with Crippen LogP contribution in [0.2, 0.25) is 0 Å². The van der Waals surface area contributed by atoms with Crippen molar-refractivity contribution < 1.29 is 14.3 Å². The second kappa shape index (κ2) is 6.94. The summed E-state index contributed by atoms with van der Waals surface area (Å²) in [5.41, 5.74) is 5.22. The number of amidine groups is 1. The van der Waals surface area contributed by atoms with Gasteiger partial charge in [0.15, 0.2) is 0 Å². The minimum absolute atomic E-state index is 0.0440. The van der Waals surface area contributed by atoms with E-state index in [1.165, 1.54) is 13.0 Å². The Morgan fingerprint density at radius 2 is 2.33 bits per heavy atom. The molecule has 15 heavy (non-hydrogen) atoms. The van der Waals surface area contributed by atoms with Crippen LogP contribution in [0.3, 0.4) is 0 Å². The molecular formula is C9H16FN3O2. The lowest BCUT2D eigenvalue weighted by Gasteiger charge is -2.04. The molecule has 0 aliphatic carbocycles. The fourth-order valence-electron chi connectivity index (χ4n) is 0.832. The lowest BCUT2D eigenvalue weighted by Crippen LogP contribution is -2.29. The molecule has 0 heterocycles. The Bertz CT molecular complexity index is 266. The molecule has 5 N–H and O–H groups in total. The Labute approximate surface area is 87.7 Å². The van der Waals surface area contributed by atoms with Gasteiger partial charge in [0.05, 0.1) is 12.4 Å².